The van der Waals surface area contributed by atoms with Crippen molar-refractivity contribution in [2.45, 2.75) is 45.3 Å². The summed E-state index contributed by atoms with van der Waals surface area (Å²) in [7, 11) is 0. The molecule has 0 unspecified atom stereocenters. The molecule has 1 aromatic rings. The highest BCUT2D eigenvalue weighted by atomic mass is 19.1. The molecule has 6 heteroatoms. The molecule has 5 nitrogen and oxygen atoms in total. The number of rotatable bonds is 4. The molecule has 116 valence electrons. The van der Waals surface area contributed by atoms with Gasteiger partial charge < -0.3 is 15.2 Å². The first-order valence-electron chi connectivity index (χ1n) is 6.51. The Bertz CT molecular complexity index is 521. The van der Waals surface area contributed by atoms with Gasteiger partial charge in [0.2, 0.25) is 0 Å². The van der Waals surface area contributed by atoms with E-state index in [0.717, 1.165) is 0 Å². The van der Waals surface area contributed by atoms with E-state index in [9.17, 15) is 19.1 Å². The normalized spacial score (nSPS) is 14.1. The molecule has 0 bridgehead atoms. The molecule has 1 amide bonds. The van der Waals surface area contributed by atoms with E-state index in [1.54, 1.807) is 20.8 Å². The molecular weight excluding hydrogens is 277 g/mol. The molecule has 0 spiro atoms. The standard InChI is InChI=1S/C15H20FNO4/c1-14(2,3)21-13(20)17-15(4,12(18)19)9-10-5-7-11(16)8-6-10/h5-8H,9H2,1-4H3,(H,17,20)(H,18,19)/t15-/m0/s1. The zero-order valence-corrected chi connectivity index (χ0v) is 12.6. The second-order valence-corrected chi connectivity index (χ2v) is 6.07. The fourth-order valence-electron chi connectivity index (χ4n) is 1.71. The number of carbonyl (C=O) groups excluding carboxylic acids is 1. The van der Waals surface area contributed by atoms with Gasteiger partial charge in [0.05, 0.1) is 0 Å². The van der Waals surface area contributed by atoms with Gasteiger partial charge in [-0.25, -0.2) is 14.0 Å². The number of hydrogen-bond donors (Lipinski definition) is 2. The fraction of sp³-hybridized carbons (Fsp3) is 0.467. The monoisotopic (exact) mass is 297 g/mol. The van der Waals surface area contributed by atoms with Crippen molar-refractivity contribution < 1.29 is 23.8 Å². The number of aliphatic carboxylic acids is 1. The number of carbonyl (C=O) groups is 2. The van der Waals surface area contributed by atoms with E-state index < -0.39 is 29.0 Å². The molecule has 0 heterocycles. The van der Waals surface area contributed by atoms with Crippen LogP contribution in [0.25, 0.3) is 0 Å². The van der Waals surface area contributed by atoms with Crippen LogP contribution in [0.2, 0.25) is 0 Å². The number of alkyl carbamates (subject to hydrolysis) is 1. The molecule has 0 aliphatic carbocycles. The summed E-state index contributed by atoms with van der Waals surface area (Å²) >= 11 is 0. The molecule has 21 heavy (non-hydrogen) atoms. The Morgan fingerprint density at radius 3 is 2.14 bits per heavy atom. The average Bonchev–Trinajstić information content (AvgIpc) is 2.29. The maximum absolute atomic E-state index is 12.9. The molecule has 1 atom stereocenters. The number of hydrogen-bond acceptors (Lipinski definition) is 3. The highest BCUT2D eigenvalue weighted by Gasteiger charge is 2.36. The van der Waals surface area contributed by atoms with E-state index in [2.05, 4.69) is 5.32 Å². The van der Waals surface area contributed by atoms with Crippen LogP contribution in [0.15, 0.2) is 24.3 Å². The summed E-state index contributed by atoms with van der Waals surface area (Å²) in [5.41, 5.74) is -1.67. The largest absolute Gasteiger partial charge is 0.480 e. The molecule has 0 fully saturated rings. The Hall–Kier alpha value is -2.11. The van der Waals surface area contributed by atoms with Crippen molar-refractivity contribution in [2.75, 3.05) is 0 Å². The van der Waals surface area contributed by atoms with Crippen LogP contribution in [0.3, 0.4) is 0 Å². The van der Waals surface area contributed by atoms with E-state index in [1.807, 2.05) is 0 Å². The summed E-state index contributed by atoms with van der Waals surface area (Å²) in [4.78, 5) is 23.2. The van der Waals surface area contributed by atoms with Crippen LogP contribution < -0.4 is 5.32 Å². The molecule has 0 aromatic heterocycles. The van der Waals surface area contributed by atoms with Gasteiger partial charge in [-0.15, -0.1) is 0 Å². The highest BCUT2D eigenvalue weighted by Crippen LogP contribution is 2.16. The number of carboxylic acids is 1. The second-order valence-electron chi connectivity index (χ2n) is 6.07. The number of halogens is 1. The van der Waals surface area contributed by atoms with Crippen LogP contribution in [-0.2, 0) is 16.0 Å². The summed E-state index contributed by atoms with van der Waals surface area (Å²) in [6, 6.07) is 5.44. The lowest BCUT2D eigenvalue weighted by Crippen LogP contribution is -2.54. The van der Waals surface area contributed by atoms with E-state index in [0.29, 0.717) is 5.56 Å². The summed E-state index contributed by atoms with van der Waals surface area (Å²) in [5, 5.41) is 11.7. The summed E-state index contributed by atoms with van der Waals surface area (Å²) < 4.78 is 17.9. The van der Waals surface area contributed by atoms with Crippen molar-refractivity contribution in [3.63, 3.8) is 0 Å². The fourth-order valence-corrected chi connectivity index (χ4v) is 1.71. The Kier molecular flexibility index (Phi) is 4.93. The number of amides is 1. The Morgan fingerprint density at radius 2 is 1.71 bits per heavy atom. The lowest BCUT2D eigenvalue weighted by Gasteiger charge is -2.28. The quantitative estimate of drug-likeness (QED) is 0.896. The zero-order valence-electron chi connectivity index (χ0n) is 12.6. The minimum atomic E-state index is -1.54. The first-order valence-corrected chi connectivity index (χ1v) is 6.51. The lowest BCUT2D eigenvalue weighted by atomic mass is 9.93. The molecule has 1 aromatic carbocycles. The molecule has 0 aliphatic heterocycles. The SMILES string of the molecule is CC(C)(C)OC(=O)N[C@@](C)(Cc1ccc(F)cc1)C(=O)O. The van der Waals surface area contributed by atoms with Gasteiger partial charge in [-0.2, -0.15) is 0 Å². The van der Waals surface area contributed by atoms with Crippen LogP contribution >= 0.6 is 0 Å². The third-order valence-corrected chi connectivity index (χ3v) is 2.72. The van der Waals surface area contributed by atoms with Crippen molar-refractivity contribution in [3.05, 3.63) is 35.6 Å². The number of ether oxygens (including phenoxy) is 1. The van der Waals surface area contributed by atoms with Gasteiger partial charge in [0.15, 0.2) is 0 Å². The van der Waals surface area contributed by atoms with Crippen molar-refractivity contribution in [2.24, 2.45) is 0 Å². The third-order valence-electron chi connectivity index (χ3n) is 2.72. The predicted octanol–water partition coefficient (Wildman–Crippen LogP) is 2.74. The minimum Gasteiger partial charge on any atom is -0.480 e. The molecule has 2 N–H and O–H groups in total. The van der Waals surface area contributed by atoms with Crippen LogP contribution in [-0.4, -0.2) is 28.3 Å². The van der Waals surface area contributed by atoms with Gasteiger partial charge in [-0.05, 0) is 45.4 Å². The van der Waals surface area contributed by atoms with Crippen molar-refractivity contribution in [3.8, 4) is 0 Å². The minimum absolute atomic E-state index is 0.0157. The maximum atomic E-state index is 12.9. The van der Waals surface area contributed by atoms with Gasteiger partial charge in [-0.1, -0.05) is 12.1 Å². The Morgan fingerprint density at radius 1 is 1.19 bits per heavy atom. The van der Waals surface area contributed by atoms with Gasteiger partial charge in [0.25, 0.3) is 0 Å². The predicted molar refractivity (Wildman–Crippen MR) is 75.5 cm³/mol. The highest BCUT2D eigenvalue weighted by molar-refractivity contribution is 5.84. The average molecular weight is 297 g/mol. The maximum Gasteiger partial charge on any atom is 0.408 e. The zero-order chi connectivity index (χ0) is 16.3. The second kappa shape index (κ2) is 6.11. The van der Waals surface area contributed by atoms with Gasteiger partial charge in [0.1, 0.15) is 17.0 Å². The molecule has 0 radical (unpaired) electrons. The van der Waals surface area contributed by atoms with Gasteiger partial charge in [0, 0.05) is 6.42 Å². The van der Waals surface area contributed by atoms with Crippen LogP contribution in [0.4, 0.5) is 9.18 Å². The first-order chi connectivity index (χ1) is 9.52. The van der Waals surface area contributed by atoms with Gasteiger partial charge in [-0.3, -0.25) is 0 Å². The van der Waals surface area contributed by atoms with Gasteiger partial charge >= 0.3 is 12.1 Å². The Labute approximate surface area is 123 Å². The molecule has 1 rings (SSSR count). The Balaban J connectivity index is 2.86. The first kappa shape index (κ1) is 16.9. The number of carboxylic acid groups (broad SMARTS) is 1. The third kappa shape index (κ3) is 5.41. The topological polar surface area (TPSA) is 75.6 Å². The summed E-state index contributed by atoms with van der Waals surface area (Å²) in [5.74, 6) is -1.60. The van der Waals surface area contributed by atoms with Crippen molar-refractivity contribution in [1.82, 2.24) is 5.32 Å². The number of nitrogens with one attached hydrogen (secondary N) is 1. The lowest BCUT2D eigenvalue weighted by molar-refractivity contribution is -0.144. The number of benzene rings is 1. The van der Waals surface area contributed by atoms with Crippen LogP contribution in [0.5, 0.6) is 0 Å². The van der Waals surface area contributed by atoms with E-state index >= 15 is 0 Å². The van der Waals surface area contributed by atoms with Crippen LogP contribution in [0, 0.1) is 5.82 Å². The molecule has 0 aliphatic rings. The summed E-state index contributed by atoms with van der Waals surface area (Å²) in [6.45, 7) is 6.43. The van der Waals surface area contributed by atoms with Crippen molar-refractivity contribution >= 4 is 12.1 Å². The van der Waals surface area contributed by atoms with Crippen molar-refractivity contribution in [1.29, 1.82) is 0 Å². The van der Waals surface area contributed by atoms with E-state index in [4.69, 9.17) is 4.74 Å². The molecular formula is C15H20FNO4. The van der Waals surface area contributed by atoms with Crippen LogP contribution in [0.1, 0.15) is 33.3 Å². The smallest absolute Gasteiger partial charge is 0.408 e. The van der Waals surface area contributed by atoms with E-state index in [-0.39, 0.29) is 6.42 Å². The summed E-state index contributed by atoms with van der Waals surface area (Å²) in [6.07, 6.45) is -0.795. The molecule has 0 saturated carbocycles. The van der Waals surface area contributed by atoms with E-state index in [1.165, 1.54) is 31.2 Å². The molecule has 0 saturated heterocycles.